The summed E-state index contributed by atoms with van der Waals surface area (Å²) < 4.78 is 0. The zero-order valence-electron chi connectivity index (χ0n) is 13.0. The fraction of sp³-hybridized carbons (Fsp3) is 0.647. The normalized spacial score (nSPS) is 20.4. The van der Waals surface area contributed by atoms with Crippen LogP contribution in [0.2, 0.25) is 0 Å². The topological polar surface area (TPSA) is 18.5 Å². The van der Waals surface area contributed by atoms with E-state index in [4.69, 9.17) is 0 Å². The van der Waals surface area contributed by atoms with E-state index in [1.807, 2.05) is 0 Å². The molecule has 0 spiro atoms. The fourth-order valence-electron chi connectivity index (χ4n) is 2.83. The van der Waals surface area contributed by atoms with Gasteiger partial charge >= 0.3 is 0 Å². The molecule has 3 heteroatoms. The molecule has 1 heterocycles. The van der Waals surface area contributed by atoms with Crippen molar-refractivity contribution in [2.24, 2.45) is 0 Å². The van der Waals surface area contributed by atoms with Crippen molar-refractivity contribution in [3.05, 3.63) is 35.9 Å². The molecule has 0 bridgehead atoms. The van der Waals surface area contributed by atoms with Crippen LogP contribution >= 0.6 is 0 Å². The molecule has 1 aliphatic rings. The van der Waals surface area contributed by atoms with Gasteiger partial charge in [-0.05, 0) is 38.5 Å². The van der Waals surface area contributed by atoms with Crippen LogP contribution in [0.25, 0.3) is 0 Å². The van der Waals surface area contributed by atoms with Gasteiger partial charge in [0.2, 0.25) is 0 Å². The van der Waals surface area contributed by atoms with Crippen molar-refractivity contribution in [2.45, 2.75) is 32.4 Å². The van der Waals surface area contributed by atoms with Crippen LogP contribution < -0.4 is 5.32 Å². The molecule has 1 unspecified atom stereocenters. The molecule has 1 fully saturated rings. The molecule has 1 aliphatic heterocycles. The van der Waals surface area contributed by atoms with E-state index in [2.05, 4.69) is 59.4 Å². The maximum atomic E-state index is 3.72. The standard InChI is InChI=1S/C17H29N3/c1-3-19(2)13-11-18-17-10-7-12-20(15-17)14-16-8-5-4-6-9-16/h4-6,8-9,17-18H,3,7,10-15H2,1-2H3. The lowest BCUT2D eigenvalue weighted by Gasteiger charge is -2.33. The molecule has 20 heavy (non-hydrogen) atoms. The maximum absolute atomic E-state index is 3.72. The third kappa shape index (κ3) is 5.23. The van der Waals surface area contributed by atoms with Gasteiger partial charge in [0, 0.05) is 32.2 Å². The summed E-state index contributed by atoms with van der Waals surface area (Å²) in [6.45, 7) is 9.11. The summed E-state index contributed by atoms with van der Waals surface area (Å²) >= 11 is 0. The average Bonchev–Trinajstić information content (AvgIpc) is 2.48. The Bertz CT molecular complexity index is 366. The van der Waals surface area contributed by atoms with Gasteiger partial charge < -0.3 is 10.2 Å². The molecule has 0 amide bonds. The first-order chi connectivity index (χ1) is 9.78. The number of nitrogens with one attached hydrogen (secondary N) is 1. The minimum absolute atomic E-state index is 0.665. The molecule has 0 saturated carbocycles. The van der Waals surface area contributed by atoms with Gasteiger partial charge in [0.05, 0.1) is 0 Å². The lowest BCUT2D eigenvalue weighted by molar-refractivity contribution is 0.181. The Morgan fingerprint density at radius 1 is 1.30 bits per heavy atom. The number of benzene rings is 1. The van der Waals surface area contributed by atoms with Crippen LogP contribution in [-0.2, 0) is 6.54 Å². The van der Waals surface area contributed by atoms with Crippen LogP contribution in [0.3, 0.4) is 0 Å². The van der Waals surface area contributed by atoms with Crippen molar-refractivity contribution in [3.63, 3.8) is 0 Å². The number of likely N-dealkylation sites (N-methyl/N-ethyl adjacent to an activating group) is 1. The van der Waals surface area contributed by atoms with E-state index >= 15 is 0 Å². The first-order valence-electron chi connectivity index (χ1n) is 7.96. The molecule has 0 aliphatic carbocycles. The van der Waals surface area contributed by atoms with E-state index in [9.17, 15) is 0 Å². The third-order valence-electron chi connectivity index (χ3n) is 4.22. The summed E-state index contributed by atoms with van der Waals surface area (Å²) in [5.74, 6) is 0. The van der Waals surface area contributed by atoms with Gasteiger partial charge in [-0.2, -0.15) is 0 Å². The number of piperidine rings is 1. The Balaban J connectivity index is 1.71. The largest absolute Gasteiger partial charge is 0.311 e. The Morgan fingerprint density at radius 3 is 2.85 bits per heavy atom. The first kappa shape index (κ1) is 15.5. The van der Waals surface area contributed by atoms with Crippen LogP contribution in [0.1, 0.15) is 25.3 Å². The van der Waals surface area contributed by atoms with Crippen molar-refractivity contribution >= 4 is 0 Å². The van der Waals surface area contributed by atoms with Crippen LogP contribution in [0.5, 0.6) is 0 Å². The minimum Gasteiger partial charge on any atom is -0.311 e. The van der Waals surface area contributed by atoms with Gasteiger partial charge in [0.15, 0.2) is 0 Å². The zero-order chi connectivity index (χ0) is 14.2. The molecule has 3 nitrogen and oxygen atoms in total. The predicted octanol–water partition coefficient (Wildman–Crippen LogP) is 2.19. The summed E-state index contributed by atoms with van der Waals surface area (Å²) in [7, 11) is 2.18. The molecule has 0 radical (unpaired) electrons. The van der Waals surface area contributed by atoms with E-state index in [1.54, 1.807) is 0 Å². The van der Waals surface area contributed by atoms with Crippen molar-refractivity contribution in [3.8, 4) is 0 Å². The second kappa shape index (κ2) is 8.40. The first-order valence-corrected chi connectivity index (χ1v) is 7.96. The highest BCUT2D eigenvalue weighted by Crippen LogP contribution is 2.13. The van der Waals surface area contributed by atoms with E-state index in [-0.39, 0.29) is 0 Å². The molecule has 2 rings (SSSR count). The van der Waals surface area contributed by atoms with Gasteiger partial charge in [-0.25, -0.2) is 0 Å². The van der Waals surface area contributed by atoms with Crippen LogP contribution in [-0.4, -0.2) is 55.6 Å². The molecular weight excluding hydrogens is 246 g/mol. The highest BCUT2D eigenvalue weighted by atomic mass is 15.2. The van der Waals surface area contributed by atoms with E-state index in [0.29, 0.717) is 6.04 Å². The van der Waals surface area contributed by atoms with E-state index in [1.165, 1.54) is 31.5 Å². The lowest BCUT2D eigenvalue weighted by atomic mass is 10.0. The molecule has 1 atom stereocenters. The SMILES string of the molecule is CCN(C)CCNC1CCCN(Cc2ccccc2)C1. The van der Waals surface area contributed by atoms with E-state index < -0.39 is 0 Å². The number of hydrogen-bond donors (Lipinski definition) is 1. The van der Waals surface area contributed by atoms with Crippen molar-refractivity contribution in [1.29, 1.82) is 0 Å². The Morgan fingerprint density at radius 2 is 2.10 bits per heavy atom. The number of hydrogen-bond acceptors (Lipinski definition) is 3. The summed E-state index contributed by atoms with van der Waals surface area (Å²) in [5, 5.41) is 3.72. The summed E-state index contributed by atoms with van der Waals surface area (Å²) in [6, 6.07) is 11.5. The van der Waals surface area contributed by atoms with Crippen molar-refractivity contribution < 1.29 is 0 Å². The summed E-state index contributed by atoms with van der Waals surface area (Å²) in [5.41, 5.74) is 1.43. The van der Waals surface area contributed by atoms with E-state index in [0.717, 1.165) is 26.2 Å². The second-order valence-electron chi connectivity index (χ2n) is 5.91. The van der Waals surface area contributed by atoms with Crippen LogP contribution in [0.15, 0.2) is 30.3 Å². The lowest BCUT2D eigenvalue weighted by Crippen LogP contribution is -2.46. The summed E-state index contributed by atoms with van der Waals surface area (Å²) in [6.07, 6.45) is 2.63. The second-order valence-corrected chi connectivity index (χ2v) is 5.91. The highest BCUT2D eigenvalue weighted by Gasteiger charge is 2.19. The van der Waals surface area contributed by atoms with Gasteiger partial charge in [-0.1, -0.05) is 37.3 Å². The van der Waals surface area contributed by atoms with Crippen LogP contribution in [0.4, 0.5) is 0 Å². The molecule has 112 valence electrons. The smallest absolute Gasteiger partial charge is 0.0234 e. The average molecular weight is 275 g/mol. The molecule has 0 aromatic heterocycles. The van der Waals surface area contributed by atoms with Crippen LogP contribution in [0, 0.1) is 0 Å². The third-order valence-corrected chi connectivity index (χ3v) is 4.22. The minimum atomic E-state index is 0.665. The monoisotopic (exact) mass is 275 g/mol. The van der Waals surface area contributed by atoms with Gasteiger partial charge in [-0.3, -0.25) is 4.90 Å². The molecule has 1 saturated heterocycles. The van der Waals surface area contributed by atoms with Crippen molar-refractivity contribution in [1.82, 2.24) is 15.1 Å². The quantitative estimate of drug-likeness (QED) is 0.823. The van der Waals surface area contributed by atoms with Gasteiger partial charge in [-0.15, -0.1) is 0 Å². The Labute approximate surface area is 124 Å². The van der Waals surface area contributed by atoms with Gasteiger partial charge in [0.1, 0.15) is 0 Å². The predicted molar refractivity (Wildman–Crippen MR) is 85.9 cm³/mol. The zero-order valence-corrected chi connectivity index (χ0v) is 13.0. The van der Waals surface area contributed by atoms with Crippen molar-refractivity contribution in [2.75, 3.05) is 39.8 Å². The summed E-state index contributed by atoms with van der Waals surface area (Å²) in [4.78, 5) is 4.94. The fourth-order valence-corrected chi connectivity index (χ4v) is 2.83. The molecule has 1 N–H and O–H groups in total. The Hall–Kier alpha value is -0.900. The number of rotatable bonds is 7. The molecule has 1 aromatic rings. The number of likely N-dealkylation sites (tertiary alicyclic amines) is 1. The Kier molecular flexibility index (Phi) is 6.51. The molecule has 1 aromatic carbocycles. The highest BCUT2D eigenvalue weighted by molar-refractivity contribution is 5.14. The number of nitrogens with zero attached hydrogens (tertiary/aromatic N) is 2. The molecular formula is C17H29N3. The van der Waals surface area contributed by atoms with Gasteiger partial charge in [0.25, 0.3) is 0 Å². The maximum Gasteiger partial charge on any atom is 0.0234 e.